The van der Waals surface area contributed by atoms with Gasteiger partial charge in [0, 0.05) is 36.3 Å². The molecule has 25 heavy (non-hydrogen) atoms. The van der Waals surface area contributed by atoms with Crippen LogP contribution < -0.4 is 0 Å². The molecule has 1 aromatic heterocycles. The van der Waals surface area contributed by atoms with Gasteiger partial charge in [-0.3, -0.25) is 9.69 Å². The van der Waals surface area contributed by atoms with E-state index in [1.165, 1.54) is 23.9 Å². The molecule has 0 aliphatic carbocycles. The van der Waals surface area contributed by atoms with Crippen LogP contribution in [0.2, 0.25) is 0 Å². The maximum absolute atomic E-state index is 13.0. The molecule has 2 aliphatic heterocycles. The van der Waals surface area contributed by atoms with E-state index < -0.39 is 5.95 Å². The Morgan fingerprint density at radius 2 is 1.84 bits per heavy atom. The number of hydrogen-bond donors (Lipinski definition) is 0. The highest BCUT2D eigenvalue weighted by Gasteiger charge is 2.41. The number of ether oxygens (including phenoxy) is 1. The van der Waals surface area contributed by atoms with Gasteiger partial charge in [-0.25, -0.2) is 4.98 Å². The van der Waals surface area contributed by atoms with Crippen LogP contribution in [-0.2, 0) is 11.3 Å². The van der Waals surface area contributed by atoms with Gasteiger partial charge in [0.25, 0.3) is 0 Å². The first-order chi connectivity index (χ1) is 12.2. The fraction of sp³-hybridized carbons (Fsp3) is 0.400. The van der Waals surface area contributed by atoms with Crippen molar-refractivity contribution in [1.82, 2.24) is 9.88 Å². The van der Waals surface area contributed by atoms with Gasteiger partial charge in [0.2, 0.25) is 5.95 Å². The predicted molar refractivity (Wildman–Crippen MR) is 91.6 cm³/mol. The Morgan fingerprint density at radius 3 is 2.48 bits per heavy atom. The number of carbonyl (C=O) groups excluding carboxylic acids is 1. The molecule has 2 atom stereocenters. The molecular weight excluding hydrogens is 319 g/mol. The van der Waals surface area contributed by atoms with Crippen LogP contribution in [0.5, 0.6) is 0 Å². The summed E-state index contributed by atoms with van der Waals surface area (Å²) in [6.07, 6.45) is 2.90. The van der Waals surface area contributed by atoms with Crippen LogP contribution in [0.3, 0.4) is 0 Å². The second-order valence-electron chi connectivity index (χ2n) is 6.91. The molecule has 5 heteroatoms. The zero-order chi connectivity index (χ0) is 17.2. The number of pyridine rings is 1. The molecule has 2 bridgehead atoms. The van der Waals surface area contributed by atoms with Gasteiger partial charge in [0.1, 0.15) is 0 Å². The summed E-state index contributed by atoms with van der Waals surface area (Å²) in [6.45, 7) is 2.21. The number of morpholine rings is 1. The quantitative estimate of drug-likeness (QED) is 0.634. The number of nitrogens with zero attached hydrogens (tertiary/aromatic N) is 2. The summed E-state index contributed by atoms with van der Waals surface area (Å²) in [5.74, 6) is -0.526. The Labute approximate surface area is 146 Å². The van der Waals surface area contributed by atoms with E-state index in [0.717, 1.165) is 19.4 Å². The molecule has 2 saturated heterocycles. The lowest BCUT2D eigenvalue weighted by Crippen LogP contribution is -2.57. The zero-order valence-electron chi connectivity index (χ0n) is 14.0. The molecule has 0 saturated carbocycles. The average molecular weight is 340 g/mol. The third-order valence-electron chi connectivity index (χ3n) is 5.26. The van der Waals surface area contributed by atoms with Crippen molar-refractivity contribution in [1.29, 1.82) is 0 Å². The van der Waals surface area contributed by atoms with Crippen LogP contribution >= 0.6 is 0 Å². The van der Waals surface area contributed by atoms with Gasteiger partial charge in [-0.1, -0.05) is 30.3 Å². The number of piperidine rings is 1. The van der Waals surface area contributed by atoms with Crippen LogP contribution in [0.4, 0.5) is 4.39 Å². The molecule has 2 aromatic rings. The Morgan fingerprint density at radius 1 is 1.12 bits per heavy atom. The Balaban J connectivity index is 1.49. The maximum atomic E-state index is 13.0. The van der Waals surface area contributed by atoms with Crippen molar-refractivity contribution >= 4 is 5.78 Å². The van der Waals surface area contributed by atoms with Crippen molar-refractivity contribution in [3.63, 3.8) is 0 Å². The average Bonchev–Trinajstić information content (AvgIpc) is 2.62. The fourth-order valence-corrected chi connectivity index (χ4v) is 4.01. The first kappa shape index (κ1) is 16.4. The van der Waals surface area contributed by atoms with E-state index >= 15 is 0 Å². The van der Waals surface area contributed by atoms with E-state index in [-0.39, 0.29) is 23.8 Å². The number of ketones is 1. The van der Waals surface area contributed by atoms with E-state index in [9.17, 15) is 9.18 Å². The van der Waals surface area contributed by atoms with Crippen molar-refractivity contribution < 1.29 is 13.9 Å². The van der Waals surface area contributed by atoms with Crippen LogP contribution in [-0.4, -0.2) is 41.0 Å². The lowest BCUT2D eigenvalue weighted by molar-refractivity contribution is -0.0872. The molecule has 2 fully saturated rings. The van der Waals surface area contributed by atoms with Crippen LogP contribution in [0.15, 0.2) is 48.7 Å². The van der Waals surface area contributed by atoms with Gasteiger partial charge < -0.3 is 4.74 Å². The van der Waals surface area contributed by atoms with Gasteiger partial charge in [0.15, 0.2) is 5.78 Å². The second-order valence-corrected chi connectivity index (χ2v) is 6.91. The molecule has 3 heterocycles. The van der Waals surface area contributed by atoms with E-state index in [4.69, 9.17) is 4.74 Å². The van der Waals surface area contributed by atoms with E-state index in [2.05, 4.69) is 34.1 Å². The molecule has 0 amide bonds. The summed E-state index contributed by atoms with van der Waals surface area (Å²) in [6, 6.07) is 13.7. The summed E-state index contributed by atoms with van der Waals surface area (Å²) >= 11 is 0. The summed E-state index contributed by atoms with van der Waals surface area (Å²) in [5, 5.41) is 0. The van der Waals surface area contributed by atoms with Crippen LogP contribution in [0.25, 0.3) is 0 Å². The molecule has 1 aromatic carbocycles. The SMILES string of the molecule is O=C(c1ccc(F)nc1)C1CC2COCC(C1)N2Cc1ccccc1. The fourth-order valence-electron chi connectivity index (χ4n) is 4.01. The molecule has 0 N–H and O–H groups in total. The summed E-state index contributed by atoms with van der Waals surface area (Å²) < 4.78 is 18.7. The highest BCUT2D eigenvalue weighted by Crippen LogP contribution is 2.34. The Kier molecular flexibility index (Phi) is 4.59. The van der Waals surface area contributed by atoms with Crippen molar-refractivity contribution in [2.24, 2.45) is 5.92 Å². The summed E-state index contributed by atoms with van der Waals surface area (Å²) in [5.41, 5.74) is 1.79. The molecule has 130 valence electrons. The van der Waals surface area contributed by atoms with E-state index in [1.807, 2.05) is 6.07 Å². The van der Waals surface area contributed by atoms with Crippen molar-refractivity contribution in [2.45, 2.75) is 31.5 Å². The van der Waals surface area contributed by atoms with Crippen molar-refractivity contribution in [3.05, 3.63) is 65.7 Å². The lowest BCUT2D eigenvalue weighted by Gasteiger charge is -2.48. The highest BCUT2D eigenvalue weighted by molar-refractivity contribution is 5.97. The Hall–Kier alpha value is -2.11. The molecular formula is C20H21FN2O2. The minimum atomic E-state index is -0.556. The van der Waals surface area contributed by atoms with Crippen molar-refractivity contribution in [2.75, 3.05) is 13.2 Å². The molecule has 2 unspecified atom stereocenters. The number of benzene rings is 1. The van der Waals surface area contributed by atoms with Gasteiger partial charge in [-0.2, -0.15) is 4.39 Å². The minimum absolute atomic E-state index is 0.0433. The monoisotopic (exact) mass is 340 g/mol. The number of rotatable bonds is 4. The normalized spacial score (nSPS) is 26.4. The topological polar surface area (TPSA) is 42.4 Å². The van der Waals surface area contributed by atoms with Gasteiger partial charge in [-0.15, -0.1) is 0 Å². The zero-order valence-corrected chi connectivity index (χ0v) is 14.0. The van der Waals surface area contributed by atoms with Gasteiger partial charge in [-0.05, 0) is 30.5 Å². The minimum Gasteiger partial charge on any atom is -0.378 e. The van der Waals surface area contributed by atoms with Crippen LogP contribution in [0.1, 0.15) is 28.8 Å². The molecule has 0 radical (unpaired) electrons. The third-order valence-corrected chi connectivity index (χ3v) is 5.26. The summed E-state index contributed by atoms with van der Waals surface area (Å²) in [4.78, 5) is 18.9. The second kappa shape index (κ2) is 7.02. The first-order valence-electron chi connectivity index (χ1n) is 8.74. The van der Waals surface area contributed by atoms with Gasteiger partial charge in [0.05, 0.1) is 13.2 Å². The molecule has 0 spiro atoms. The standard InChI is InChI=1S/C20H21FN2O2/c21-19-7-6-15(10-22-19)20(24)16-8-17-12-25-13-18(9-16)23(17)11-14-4-2-1-3-5-14/h1-7,10,16-18H,8-9,11-13H2. The largest absolute Gasteiger partial charge is 0.378 e. The van der Waals surface area contributed by atoms with Gasteiger partial charge >= 0.3 is 0 Å². The molecule has 4 rings (SSSR count). The molecule has 4 nitrogen and oxygen atoms in total. The first-order valence-corrected chi connectivity index (χ1v) is 8.74. The number of fused-ring (bicyclic) bond motifs is 2. The number of aromatic nitrogens is 1. The third kappa shape index (κ3) is 3.48. The molecule has 2 aliphatic rings. The van der Waals surface area contributed by atoms with E-state index in [1.54, 1.807) is 0 Å². The van der Waals surface area contributed by atoms with Crippen molar-refractivity contribution in [3.8, 4) is 0 Å². The maximum Gasteiger partial charge on any atom is 0.212 e. The smallest absolute Gasteiger partial charge is 0.212 e. The highest BCUT2D eigenvalue weighted by atomic mass is 19.1. The van der Waals surface area contributed by atoms with E-state index in [0.29, 0.717) is 18.8 Å². The number of carbonyl (C=O) groups is 1. The number of halogens is 1. The van der Waals surface area contributed by atoms with Crippen LogP contribution in [0, 0.1) is 11.9 Å². The predicted octanol–water partition coefficient (Wildman–Crippen LogP) is 3.08. The summed E-state index contributed by atoms with van der Waals surface area (Å²) in [7, 11) is 0. The number of hydrogen-bond acceptors (Lipinski definition) is 4. The lowest BCUT2D eigenvalue weighted by atomic mass is 9.80. The Bertz CT molecular complexity index is 721. The number of Topliss-reactive ketones (excluding diaryl/α,β-unsaturated/α-hetero) is 1.